The van der Waals surface area contributed by atoms with Gasteiger partial charge in [0, 0.05) is 5.56 Å². The van der Waals surface area contributed by atoms with Crippen LogP contribution in [0.1, 0.15) is 21.5 Å². The number of rotatable bonds is 7. The summed E-state index contributed by atoms with van der Waals surface area (Å²) in [5, 5.41) is 50.4. The van der Waals surface area contributed by atoms with Crippen LogP contribution in [0.3, 0.4) is 0 Å². The van der Waals surface area contributed by atoms with Crippen LogP contribution < -0.4 is 4.74 Å². The number of phenols is 1. The second-order valence-corrected chi connectivity index (χ2v) is 6.71. The second kappa shape index (κ2) is 8.85. The van der Waals surface area contributed by atoms with E-state index in [0.29, 0.717) is 18.9 Å². The van der Waals surface area contributed by atoms with Crippen LogP contribution in [0.4, 0.5) is 0 Å². The number of aryl methyl sites for hydroxylation is 1. The van der Waals surface area contributed by atoms with Crippen molar-refractivity contribution in [1.29, 1.82) is 0 Å². The van der Waals surface area contributed by atoms with Crippen molar-refractivity contribution >= 4 is 18.9 Å². The van der Waals surface area contributed by atoms with Crippen molar-refractivity contribution in [3.8, 4) is 11.5 Å². The molecule has 1 saturated heterocycles. The number of nitrogens with zero attached hydrogens (tertiary/aromatic N) is 2. The van der Waals surface area contributed by atoms with Gasteiger partial charge in [-0.25, -0.2) is 4.79 Å². The normalized spacial score (nSPS) is 14.4. The molecule has 3 rings (SSSR count). The number of hydrogen-bond acceptors (Lipinski definition) is 7. The van der Waals surface area contributed by atoms with Crippen LogP contribution in [-0.4, -0.2) is 68.5 Å². The fourth-order valence-electron chi connectivity index (χ4n) is 3.16. The lowest BCUT2D eigenvalue weighted by molar-refractivity contribution is 0.0587. The summed E-state index contributed by atoms with van der Waals surface area (Å²) in [4.78, 5) is 13.4. The molecule has 0 radical (unpaired) electrons. The van der Waals surface area contributed by atoms with E-state index in [9.17, 15) is 20.2 Å². The number of carboxylic acids is 1. The molecule has 1 heterocycles. The summed E-state index contributed by atoms with van der Waals surface area (Å²) < 4.78 is 5.75. The van der Waals surface area contributed by atoms with Crippen molar-refractivity contribution in [2.24, 2.45) is 5.16 Å². The highest BCUT2D eigenvalue weighted by Gasteiger charge is 2.33. The van der Waals surface area contributed by atoms with E-state index in [4.69, 9.17) is 14.8 Å². The smallest absolute Gasteiger partial charge is 0.451 e. The van der Waals surface area contributed by atoms with E-state index in [-0.39, 0.29) is 35.7 Å². The number of aromatic hydroxyl groups is 1. The summed E-state index contributed by atoms with van der Waals surface area (Å²) >= 11 is 0. The van der Waals surface area contributed by atoms with Gasteiger partial charge < -0.3 is 35.1 Å². The first-order valence-electron chi connectivity index (χ1n) is 9.04. The highest BCUT2D eigenvalue weighted by molar-refractivity contribution is 6.41. The molecule has 2 aromatic carbocycles. The quantitative estimate of drug-likeness (QED) is 0.152. The summed E-state index contributed by atoms with van der Waals surface area (Å²) in [6.45, 7) is 0.763. The molecule has 0 atom stereocenters. The average molecular weight is 400 g/mol. The van der Waals surface area contributed by atoms with Crippen LogP contribution in [0.5, 0.6) is 11.5 Å². The molecule has 10 heteroatoms. The van der Waals surface area contributed by atoms with Crippen molar-refractivity contribution in [3.05, 3.63) is 59.2 Å². The maximum atomic E-state index is 11.6. The zero-order valence-corrected chi connectivity index (χ0v) is 15.5. The van der Waals surface area contributed by atoms with Crippen LogP contribution in [0.15, 0.2) is 47.6 Å². The minimum atomic E-state index is -1.55. The Morgan fingerprint density at radius 2 is 1.86 bits per heavy atom. The number of oxime groups is 1. The first-order chi connectivity index (χ1) is 13.9. The molecule has 0 bridgehead atoms. The molecular formula is C19H21BN2O7. The minimum Gasteiger partial charge on any atom is -0.507 e. The molecule has 0 saturated carbocycles. The van der Waals surface area contributed by atoms with Crippen LogP contribution in [0.25, 0.3) is 0 Å². The Hall–Kier alpha value is -3.24. The van der Waals surface area contributed by atoms with E-state index in [1.54, 1.807) is 4.90 Å². The van der Waals surface area contributed by atoms with Gasteiger partial charge in [-0.15, -0.1) is 0 Å². The van der Waals surface area contributed by atoms with Crippen molar-refractivity contribution in [2.45, 2.75) is 18.8 Å². The van der Waals surface area contributed by atoms with Crippen LogP contribution in [0.2, 0.25) is 6.32 Å². The lowest BCUT2D eigenvalue weighted by atomic mass is 9.82. The molecule has 0 aliphatic carbocycles. The van der Waals surface area contributed by atoms with Crippen molar-refractivity contribution in [1.82, 2.24) is 4.90 Å². The monoisotopic (exact) mass is 400 g/mol. The van der Waals surface area contributed by atoms with E-state index >= 15 is 0 Å². The van der Waals surface area contributed by atoms with Gasteiger partial charge in [-0.3, -0.25) is 0 Å². The van der Waals surface area contributed by atoms with Crippen LogP contribution in [0, 0.1) is 0 Å². The Labute approximate surface area is 167 Å². The average Bonchev–Trinajstić information content (AvgIpc) is 2.66. The molecule has 0 amide bonds. The summed E-state index contributed by atoms with van der Waals surface area (Å²) in [5.74, 6) is -1.38. The molecule has 1 fully saturated rings. The number of ether oxygens (including phenoxy) is 1. The summed E-state index contributed by atoms with van der Waals surface area (Å²) in [7, 11) is -1.55. The van der Waals surface area contributed by atoms with Gasteiger partial charge in [-0.1, -0.05) is 41.6 Å². The molecule has 2 aromatic rings. The largest absolute Gasteiger partial charge is 0.507 e. The fourth-order valence-corrected chi connectivity index (χ4v) is 3.16. The number of aromatic carboxylic acids is 1. The second-order valence-electron chi connectivity index (χ2n) is 6.71. The van der Waals surface area contributed by atoms with E-state index in [2.05, 4.69) is 5.16 Å². The standard InChI is InChI=1S/C19H21BN2O7/c23-17-12(8-9-20(26)27)6-7-15(16(17)19(24)25)29-14-10-22(11-14)18(21-28)13-4-2-1-3-5-13/h1-7,14,23,26-28H,8-11H2,(H,24,25)/b21-18+. The fraction of sp³-hybridized carbons (Fsp3) is 0.263. The molecule has 0 spiro atoms. The van der Waals surface area contributed by atoms with Crippen LogP contribution in [-0.2, 0) is 6.42 Å². The number of amidine groups is 1. The van der Waals surface area contributed by atoms with Crippen molar-refractivity contribution in [3.63, 3.8) is 0 Å². The number of benzene rings is 2. The predicted molar refractivity (Wildman–Crippen MR) is 105 cm³/mol. The predicted octanol–water partition coefficient (Wildman–Crippen LogP) is 1.00. The highest BCUT2D eigenvalue weighted by atomic mass is 16.5. The van der Waals surface area contributed by atoms with E-state index in [0.717, 1.165) is 5.56 Å². The summed E-state index contributed by atoms with van der Waals surface area (Å²) in [6, 6.07) is 12.1. The number of likely N-dealkylation sites (tertiary alicyclic amines) is 1. The maximum absolute atomic E-state index is 11.6. The molecule has 0 aromatic heterocycles. The number of carbonyl (C=O) groups is 1. The van der Waals surface area contributed by atoms with Gasteiger partial charge in [0.25, 0.3) is 0 Å². The number of hydrogen-bond donors (Lipinski definition) is 5. The lowest BCUT2D eigenvalue weighted by Gasteiger charge is -2.40. The molecule has 1 aliphatic heterocycles. The van der Waals surface area contributed by atoms with E-state index in [1.165, 1.54) is 12.1 Å². The van der Waals surface area contributed by atoms with Crippen molar-refractivity contribution in [2.75, 3.05) is 13.1 Å². The topological polar surface area (TPSA) is 143 Å². The molecule has 0 unspecified atom stereocenters. The Morgan fingerprint density at radius 3 is 2.45 bits per heavy atom. The third-order valence-corrected chi connectivity index (χ3v) is 4.68. The Balaban J connectivity index is 1.70. The maximum Gasteiger partial charge on any atom is 0.451 e. The third kappa shape index (κ3) is 4.61. The van der Waals surface area contributed by atoms with Crippen molar-refractivity contribution < 1.29 is 35.0 Å². The lowest BCUT2D eigenvalue weighted by Crippen LogP contribution is -2.56. The molecule has 152 valence electrons. The third-order valence-electron chi connectivity index (χ3n) is 4.68. The minimum absolute atomic E-state index is 0.0233. The van der Waals surface area contributed by atoms with E-state index < -0.39 is 18.8 Å². The van der Waals surface area contributed by atoms with Gasteiger partial charge >= 0.3 is 13.1 Å². The molecular weight excluding hydrogens is 379 g/mol. The van der Waals surface area contributed by atoms with Crippen LogP contribution >= 0.6 is 0 Å². The number of carboxylic acid groups (broad SMARTS) is 1. The highest BCUT2D eigenvalue weighted by Crippen LogP contribution is 2.34. The Morgan fingerprint density at radius 1 is 1.17 bits per heavy atom. The van der Waals surface area contributed by atoms with Gasteiger partial charge in [0.1, 0.15) is 23.2 Å². The Kier molecular flexibility index (Phi) is 6.25. The molecule has 5 N–H and O–H groups in total. The Bertz CT molecular complexity index is 899. The molecule has 29 heavy (non-hydrogen) atoms. The first-order valence-corrected chi connectivity index (χ1v) is 9.04. The van der Waals surface area contributed by atoms with Gasteiger partial charge in [-0.2, -0.15) is 0 Å². The molecule has 9 nitrogen and oxygen atoms in total. The first kappa shape index (κ1) is 20.5. The van der Waals surface area contributed by atoms with Gasteiger partial charge in [-0.05, 0) is 24.4 Å². The van der Waals surface area contributed by atoms with Gasteiger partial charge in [0.2, 0.25) is 0 Å². The summed E-state index contributed by atoms with van der Waals surface area (Å²) in [6.07, 6.45) is -0.278. The molecule has 1 aliphatic rings. The van der Waals surface area contributed by atoms with E-state index in [1.807, 2.05) is 30.3 Å². The van der Waals surface area contributed by atoms with Gasteiger partial charge in [0.05, 0.1) is 13.1 Å². The zero-order valence-electron chi connectivity index (χ0n) is 15.5. The SMILES string of the molecule is O=C(O)c1c(OC2CN(/C(=N/O)c3ccccc3)C2)ccc(CCB(O)O)c1O. The van der Waals surface area contributed by atoms with Gasteiger partial charge in [0.15, 0.2) is 5.84 Å². The summed E-state index contributed by atoms with van der Waals surface area (Å²) in [5.41, 5.74) is 0.664. The zero-order chi connectivity index (χ0) is 21.0.